The Morgan fingerprint density at radius 2 is 1.97 bits per heavy atom. The van der Waals surface area contributed by atoms with E-state index in [1.165, 1.54) is 18.3 Å². The summed E-state index contributed by atoms with van der Waals surface area (Å²) in [6, 6.07) is 5.01. The minimum Gasteiger partial charge on any atom is -0.406 e. The van der Waals surface area contributed by atoms with E-state index in [2.05, 4.69) is 19.8 Å². The van der Waals surface area contributed by atoms with E-state index < -0.39 is 25.1 Å². The molecule has 5 rings (SSSR count). The first-order valence-corrected chi connectivity index (χ1v) is 10.5. The molecule has 0 aliphatic carbocycles. The van der Waals surface area contributed by atoms with Crippen LogP contribution in [0.3, 0.4) is 0 Å². The fraction of sp³-hybridized carbons (Fsp3) is 0.429. The number of aromatic nitrogens is 4. The highest BCUT2D eigenvalue weighted by Gasteiger charge is 2.49. The first-order valence-electron chi connectivity index (χ1n) is 10.5. The monoisotopic (exact) mass is 482 g/mol. The molecule has 2 aliphatic rings. The molecule has 4 heterocycles. The fourth-order valence-corrected chi connectivity index (χ4v) is 4.56. The minimum absolute atomic E-state index is 0.120. The van der Waals surface area contributed by atoms with E-state index >= 15 is 0 Å². The number of rotatable bonds is 5. The van der Waals surface area contributed by atoms with Crippen LogP contribution in [0.4, 0.5) is 27.8 Å². The number of alkyl halides is 5. The molecule has 34 heavy (non-hydrogen) atoms. The summed E-state index contributed by atoms with van der Waals surface area (Å²) in [7, 11) is 0. The number of fused-ring (bicyclic) bond motifs is 1. The molecular weight excluding hydrogens is 463 g/mol. The van der Waals surface area contributed by atoms with Crippen LogP contribution in [0.1, 0.15) is 16.8 Å². The van der Waals surface area contributed by atoms with Gasteiger partial charge in [0.15, 0.2) is 5.65 Å². The van der Waals surface area contributed by atoms with Gasteiger partial charge in [-0.25, -0.2) is 23.4 Å². The van der Waals surface area contributed by atoms with Crippen molar-refractivity contribution in [1.29, 1.82) is 0 Å². The topological polar surface area (TPSA) is 76.4 Å². The lowest BCUT2D eigenvalue weighted by Crippen LogP contribution is -2.59. The summed E-state index contributed by atoms with van der Waals surface area (Å²) in [6.07, 6.45) is -3.65. The largest absolute Gasteiger partial charge is 0.573 e. The number of halogens is 5. The van der Waals surface area contributed by atoms with Gasteiger partial charge >= 0.3 is 6.36 Å². The van der Waals surface area contributed by atoms with E-state index in [1.54, 1.807) is 11.1 Å². The van der Waals surface area contributed by atoms with Crippen molar-refractivity contribution in [3.05, 3.63) is 42.2 Å². The van der Waals surface area contributed by atoms with E-state index in [4.69, 9.17) is 0 Å². The highest BCUT2D eigenvalue weighted by molar-refractivity contribution is 5.95. The third-order valence-corrected chi connectivity index (χ3v) is 6.06. The van der Waals surface area contributed by atoms with E-state index in [0.29, 0.717) is 37.5 Å². The SMILES string of the molecule is O=C(c1cccc(OC(F)(F)F)c1)N1CC2(CCN(c3cnc4cnn(CC(F)F)c4n3)C2)C1. The zero-order valence-corrected chi connectivity index (χ0v) is 17.7. The number of amides is 1. The number of benzene rings is 1. The molecule has 0 bridgehead atoms. The van der Waals surface area contributed by atoms with Crippen LogP contribution >= 0.6 is 0 Å². The molecule has 0 unspecified atom stereocenters. The fourth-order valence-electron chi connectivity index (χ4n) is 4.56. The van der Waals surface area contributed by atoms with E-state index in [0.717, 1.165) is 23.2 Å². The Kier molecular flexibility index (Phi) is 5.29. The van der Waals surface area contributed by atoms with Gasteiger partial charge in [0.2, 0.25) is 0 Å². The van der Waals surface area contributed by atoms with Crippen molar-refractivity contribution in [2.75, 3.05) is 31.1 Å². The smallest absolute Gasteiger partial charge is 0.406 e. The van der Waals surface area contributed by atoms with Crippen molar-refractivity contribution in [2.45, 2.75) is 25.8 Å². The summed E-state index contributed by atoms with van der Waals surface area (Å²) in [6.45, 7) is 1.58. The molecule has 2 saturated heterocycles. The molecule has 2 aliphatic heterocycles. The second-order valence-electron chi connectivity index (χ2n) is 8.56. The normalized spacial score (nSPS) is 17.6. The Morgan fingerprint density at radius 3 is 2.71 bits per heavy atom. The highest BCUT2D eigenvalue weighted by Crippen LogP contribution is 2.41. The van der Waals surface area contributed by atoms with Gasteiger partial charge < -0.3 is 14.5 Å². The number of nitrogens with zero attached hydrogens (tertiary/aromatic N) is 6. The first kappa shape index (κ1) is 22.3. The third-order valence-electron chi connectivity index (χ3n) is 6.06. The van der Waals surface area contributed by atoms with Gasteiger partial charge in [0, 0.05) is 37.2 Å². The number of carbonyl (C=O) groups is 1. The molecular formula is C21H19F5N6O2. The van der Waals surface area contributed by atoms with Crippen LogP contribution < -0.4 is 9.64 Å². The van der Waals surface area contributed by atoms with Gasteiger partial charge in [-0.3, -0.25) is 4.79 Å². The maximum Gasteiger partial charge on any atom is 0.573 e. The average molecular weight is 482 g/mol. The molecule has 180 valence electrons. The van der Waals surface area contributed by atoms with Crippen LogP contribution in [0.25, 0.3) is 11.2 Å². The molecule has 2 fully saturated rings. The zero-order valence-electron chi connectivity index (χ0n) is 17.7. The Bertz CT molecular complexity index is 1220. The number of anilines is 1. The standard InChI is InChI=1S/C21H19F5N6O2/c22-16(23)9-32-18-15(7-28-32)27-8-17(29-18)30-5-4-20(10-30)11-31(12-20)19(33)13-2-1-3-14(6-13)34-21(24,25)26/h1-3,6-8,16H,4-5,9-12H2. The predicted octanol–water partition coefficient (Wildman–Crippen LogP) is 3.34. The summed E-state index contributed by atoms with van der Waals surface area (Å²) in [4.78, 5) is 25.1. The molecule has 1 spiro atoms. The molecule has 0 N–H and O–H groups in total. The lowest BCUT2D eigenvalue weighted by molar-refractivity contribution is -0.274. The summed E-state index contributed by atoms with van der Waals surface area (Å²) < 4.78 is 68.0. The number of carbonyl (C=O) groups excluding carboxylic acids is 1. The second kappa shape index (κ2) is 8.06. The molecule has 0 radical (unpaired) electrons. The Labute approximate surface area is 189 Å². The molecule has 13 heteroatoms. The van der Waals surface area contributed by atoms with Gasteiger partial charge in [-0.2, -0.15) is 5.10 Å². The Balaban J connectivity index is 1.24. The van der Waals surface area contributed by atoms with Crippen molar-refractivity contribution in [3.63, 3.8) is 0 Å². The summed E-state index contributed by atoms with van der Waals surface area (Å²) in [5.74, 6) is -0.267. The number of hydrogen-bond donors (Lipinski definition) is 0. The summed E-state index contributed by atoms with van der Waals surface area (Å²) in [5, 5.41) is 3.92. The minimum atomic E-state index is -4.83. The number of hydrogen-bond acceptors (Lipinski definition) is 6. The van der Waals surface area contributed by atoms with E-state index in [1.807, 2.05) is 4.90 Å². The molecule has 3 aromatic rings. The van der Waals surface area contributed by atoms with E-state index in [-0.39, 0.29) is 22.5 Å². The molecule has 2 aromatic heterocycles. The predicted molar refractivity (Wildman–Crippen MR) is 110 cm³/mol. The zero-order chi connectivity index (χ0) is 24.1. The Hall–Kier alpha value is -3.51. The first-order chi connectivity index (χ1) is 16.1. The van der Waals surface area contributed by atoms with Crippen LogP contribution in [0, 0.1) is 5.41 Å². The van der Waals surface area contributed by atoms with Crippen LogP contribution in [0.15, 0.2) is 36.7 Å². The van der Waals surface area contributed by atoms with Crippen LogP contribution in [0.5, 0.6) is 5.75 Å². The molecule has 8 nitrogen and oxygen atoms in total. The van der Waals surface area contributed by atoms with Crippen LogP contribution in [0.2, 0.25) is 0 Å². The molecule has 0 atom stereocenters. The third kappa shape index (κ3) is 4.33. The lowest BCUT2D eigenvalue weighted by atomic mass is 9.78. The van der Waals surface area contributed by atoms with Crippen molar-refractivity contribution in [1.82, 2.24) is 24.6 Å². The van der Waals surface area contributed by atoms with Crippen molar-refractivity contribution in [3.8, 4) is 5.75 Å². The van der Waals surface area contributed by atoms with Gasteiger partial charge in [-0.1, -0.05) is 6.07 Å². The number of likely N-dealkylation sites (tertiary alicyclic amines) is 1. The van der Waals surface area contributed by atoms with Gasteiger partial charge in [-0.05, 0) is 24.6 Å². The van der Waals surface area contributed by atoms with Gasteiger partial charge in [0.25, 0.3) is 12.3 Å². The average Bonchev–Trinajstić information content (AvgIpc) is 3.35. The van der Waals surface area contributed by atoms with Crippen molar-refractivity contribution >= 4 is 22.9 Å². The van der Waals surface area contributed by atoms with Crippen molar-refractivity contribution < 1.29 is 31.5 Å². The molecule has 1 amide bonds. The number of ether oxygens (including phenoxy) is 1. The van der Waals surface area contributed by atoms with E-state index in [9.17, 15) is 26.7 Å². The van der Waals surface area contributed by atoms with Crippen molar-refractivity contribution in [2.24, 2.45) is 5.41 Å². The summed E-state index contributed by atoms with van der Waals surface area (Å²) in [5.41, 5.74) is 0.658. The molecule has 1 aromatic carbocycles. The van der Waals surface area contributed by atoms with Crippen LogP contribution in [-0.2, 0) is 6.54 Å². The summed E-state index contributed by atoms with van der Waals surface area (Å²) >= 11 is 0. The van der Waals surface area contributed by atoms with Gasteiger partial charge in [-0.15, -0.1) is 13.2 Å². The van der Waals surface area contributed by atoms with Crippen LogP contribution in [-0.4, -0.2) is 69.5 Å². The maximum atomic E-state index is 12.8. The van der Waals surface area contributed by atoms with Gasteiger partial charge in [0.1, 0.15) is 23.6 Å². The second-order valence-corrected chi connectivity index (χ2v) is 8.56. The maximum absolute atomic E-state index is 12.8. The van der Waals surface area contributed by atoms with Gasteiger partial charge in [0.05, 0.1) is 12.4 Å². The quantitative estimate of drug-likeness (QED) is 0.520. The highest BCUT2D eigenvalue weighted by atomic mass is 19.4. The Morgan fingerprint density at radius 1 is 1.18 bits per heavy atom. The lowest BCUT2D eigenvalue weighted by Gasteiger charge is -2.48. The molecule has 0 saturated carbocycles.